The topological polar surface area (TPSA) is 65.1 Å². The molecule has 0 aromatic rings. The Kier molecular flexibility index (Phi) is 5.89. The van der Waals surface area contributed by atoms with E-state index in [1.54, 1.807) is 0 Å². The summed E-state index contributed by atoms with van der Waals surface area (Å²) in [7, 11) is 0. The van der Waals surface area contributed by atoms with E-state index in [4.69, 9.17) is 14.2 Å². The van der Waals surface area contributed by atoms with Crippen molar-refractivity contribution >= 4 is 11.9 Å². The van der Waals surface area contributed by atoms with Gasteiger partial charge < -0.3 is 14.2 Å². The molecule has 0 aromatic carbocycles. The molecule has 0 aromatic heterocycles. The van der Waals surface area contributed by atoms with Crippen LogP contribution in [0.5, 0.6) is 0 Å². The Balaban J connectivity index is 1.80. The standard InChI is InChI=1S/C22H30O5/c1-14-7-5-8-15(2)11-19-18(16(3)21(24)26-19)12-20-22(27-20,10-6-9-14)13-25-17(4)23/h8-9,18-20H,3,5-7,10-13H2,1-2,4H3/b14-9+,15-8+/t18-,19?,20?,22?/m0/s1. The molecule has 0 radical (unpaired) electrons. The highest BCUT2D eigenvalue weighted by atomic mass is 16.6. The lowest BCUT2D eigenvalue weighted by Gasteiger charge is -2.19. The van der Waals surface area contributed by atoms with Gasteiger partial charge in [-0.3, -0.25) is 4.79 Å². The Labute approximate surface area is 161 Å². The largest absolute Gasteiger partial charge is 0.463 e. The second kappa shape index (κ2) is 8.01. The molecule has 2 fully saturated rings. The average molecular weight is 374 g/mol. The molecule has 1 aliphatic carbocycles. The van der Waals surface area contributed by atoms with Crippen molar-refractivity contribution in [1.29, 1.82) is 0 Å². The van der Waals surface area contributed by atoms with E-state index in [1.807, 2.05) is 0 Å². The Hall–Kier alpha value is -1.88. The smallest absolute Gasteiger partial charge is 0.334 e. The molecule has 2 heterocycles. The van der Waals surface area contributed by atoms with Crippen LogP contribution in [-0.4, -0.2) is 36.4 Å². The third-order valence-electron chi connectivity index (χ3n) is 5.93. The fourth-order valence-corrected chi connectivity index (χ4v) is 4.15. The first-order valence-electron chi connectivity index (χ1n) is 9.83. The highest BCUT2D eigenvalue weighted by Gasteiger charge is 2.58. The number of rotatable bonds is 2. The maximum Gasteiger partial charge on any atom is 0.334 e. The zero-order valence-corrected chi connectivity index (χ0v) is 16.6. The molecule has 3 rings (SSSR count). The Morgan fingerprint density at radius 2 is 2.04 bits per heavy atom. The number of carbonyl (C=O) groups is 2. The van der Waals surface area contributed by atoms with E-state index in [2.05, 4.69) is 32.6 Å². The van der Waals surface area contributed by atoms with Crippen molar-refractivity contribution in [2.75, 3.05) is 6.61 Å². The van der Waals surface area contributed by atoms with Gasteiger partial charge in [-0.05, 0) is 46.0 Å². The second-order valence-corrected chi connectivity index (χ2v) is 8.15. The number of hydrogen-bond acceptors (Lipinski definition) is 5. The van der Waals surface area contributed by atoms with E-state index in [1.165, 1.54) is 18.1 Å². The lowest BCUT2D eigenvalue weighted by molar-refractivity contribution is -0.143. The Morgan fingerprint density at radius 3 is 2.78 bits per heavy atom. The quantitative estimate of drug-likeness (QED) is 0.316. The van der Waals surface area contributed by atoms with Gasteiger partial charge in [0.1, 0.15) is 18.3 Å². The van der Waals surface area contributed by atoms with Gasteiger partial charge in [0.15, 0.2) is 0 Å². The first-order chi connectivity index (χ1) is 12.8. The molecular weight excluding hydrogens is 344 g/mol. The molecule has 27 heavy (non-hydrogen) atoms. The van der Waals surface area contributed by atoms with E-state index < -0.39 is 5.60 Å². The van der Waals surface area contributed by atoms with Gasteiger partial charge >= 0.3 is 11.9 Å². The van der Waals surface area contributed by atoms with Crippen LogP contribution in [0.1, 0.15) is 59.3 Å². The van der Waals surface area contributed by atoms with E-state index in [9.17, 15) is 9.59 Å². The summed E-state index contributed by atoms with van der Waals surface area (Å²) in [5, 5.41) is 0. The Bertz CT molecular complexity index is 689. The van der Waals surface area contributed by atoms with Crippen LogP contribution in [0.4, 0.5) is 0 Å². The predicted octanol–water partition coefficient (Wildman–Crippen LogP) is 4.03. The summed E-state index contributed by atoms with van der Waals surface area (Å²) < 4.78 is 16.9. The van der Waals surface area contributed by atoms with Crippen molar-refractivity contribution < 1.29 is 23.8 Å². The Morgan fingerprint density at radius 1 is 1.30 bits per heavy atom. The molecule has 0 spiro atoms. The van der Waals surface area contributed by atoms with E-state index in [-0.39, 0.29) is 36.7 Å². The first-order valence-corrected chi connectivity index (χ1v) is 9.83. The number of carbonyl (C=O) groups excluding carboxylic acids is 2. The normalized spacial score (nSPS) is 38.3. The van der Waals surface area contributed by atoms with Crippen molar-refractivity contribution in [3.05, 3.63) is 35.5 Å². The molecule has 148 valence electrons. The van der Waals surface area contributed by atoms with Crippen LogP contribution in [0.2, 0.25) is 0 Å². The number of hydrogen-bond donors (Lipinski definition) is 0. The summed E-state index contributed by atoms with van der Waals surface area (Å²) in [6.07, 6.45) is 9.35. The summed E-state index contributed by atoms with van der Waals surface area (Å²) >= 11 is 0. The van der Waals surface area contributed by atoms with Gasteiger partial charge in [0.05, 0.1) is 6.10 Å². The molecule has 0 saturated carbocycles. The summed E-state index contributed by atoms with van der Waals surface area (Å²) in [5.41, 5.74) is 2.68. The van der Waals surface area contributed by atoms with Crippen molar-refractivity contribution in [2.24, 2.45) is 5.92 Å². The molecule has 5 nitrogen and oxygen atoms in total. The maximum atomic E-state index is 12.1. The SMILES string of the molecule is C=C1C(=O)OC2C/C(C)=C/CC/C(C)=C/CCC3(COC(C)=O)OC3C[C@@H]12. The number of esters is 2. The average Bonchev–Trinajstić information content (AvgIpc) is 3.21. The minimum atomic E-state index is -0.450. The number of allylic oxidation sites excluding steroid dienone is 3. The van der Waals surface area contributed by atoms with Gasteiger partial charge in [0, 0.05) is 24.8 Å². The van der Waals surface area contributed by atoms with Crippen LogP contribution in [0.15, 0.2) is 35.5 Å². The highest BCUT2D eigenvalue weighted by Crippen LogP contribution is 2.48. The minimum absolute atomic E-state index is 0.0449. The molecular formula is C22H30O5. The van der Waals surface area contributed by atoms with Gasteiger partial charge in [-0.2, -0.15) is 0 Å². The van der Waals surface area contributed by atoms with Crippen molar-refractivity contribution in [3.63, 3.8) is 0 Å². The van der Waals surface area contributed by atoms with Gasteiger partial charge in [0.25, 0.3) is 0 Å². The third-order valence-corrected chi connectivity index (χ3v) is 5.93. The molecule has 3 aliphatic rings. The minimum Gasteiger partial charge on any atom is -0.463 e. The zero-order valence-electron chi connectivity index (χ0n) is 16.6. The number of fused-ring (bicyclic) bond motifs is 2. The highest BCUT2D eigenvalue weighted by molar-refractivity contribution is 5.90. The van der Waals surface area contributed by atoms with Gasteiger partial charge in [0.2, 0.25) is 0 Å². The van der Waals surface area contributed by atoms with Crippen LogP contribution >= 0.6 is 0 Å². The molecule has 3 unspecified atom stereocenters. The molecule has 4 atom stereocenters. The summed E-state index contributed by atoms with van der Waals surface area (Å²) in [6.45, 7) is 9.88. The second-order valence-electron chi connectivity index (χ2n) is 8.15. The first kappa shape index (κ1) is 19.9. The van der Waals surface area contributed by atoms with E-state index in [0.29, 0.717) is 12.0 Å². The van der Waals surface area contributed by atoms with Crippen LogP contribution in [0.25, 0.3) is 0 Å². The summed E-state index contributed by atoms with van der Waals surface area (Å²) in [4.78, 5) is 23.4. The van der Waals surface area contributed by atoms with Crippen molar-refractivity contribution in [2.45, 2.75) is 77.1 Å². The van der Waals surface area contributed by atoms with Crippen LogP contribution in [-0.2, 0) is 23.8 Å². The molecule has 0 bridgehead atoms. The van der Waals surface area contributed by atoms with Gasteiger partial charge in [-0.1, -0.05) is 29.9 Å². The van der Waals surface area contributed by atoms with Crippen LogP contribution in [0.3, 0.4) is 0 Å². The summed E-state index contributed by atoms with van der Waals surface area (Å²) in [6, 6.07) is 0. The molecule has 0 amide bonds. The van der Waals surface area contributed by atoms with E-state index >= 15 is 0 Å². The summed E-state index contributed by atoms with van der Waals surface area (Å²) in [5.74, 6) is -0.650. The van der Waals surface area contributed by atoms with Crippen molar-refractivity contribution in [3.8, 4) is 0 Å². The maximum absolute atomic E-state index is 12.1. The van der Waals surface area contributed by atoms with Gasteiger partial charge in [-0.25, -0.2) is 4.79 Å². The predicted molar refractivity (Wildman–Crippen MR) is 102 cm³/mol. The third kappa shape index (κ3) is 4.70. The number of ether oxygens (including phenoxy) is 3. The van der Waals surface area contributed by atoms with Crippen molar-refractivity contribution in [1.82, 2.24) is 0 Å². The fourth-order valence-electron chi connectivity index (χ4n) is 4.15. The van der Waals surface area contributed by atoms with Crippen LogP contribution in [0, 0.1) is 5.92 Å². The lowest BCUT2D eigenvalue weighted by Crippen LogP contribution is -2.27. The number of epoxide rings is 1. The monoisotopic (exact) mass is 374 g/mol. The molecule has 2 saturated heterocycles. The van der Waals surface area contributed by atoms with E-state index in [0.717, 1.165) is 32.1 Å². The molecule has 2 aliphatic heterocycles. The fraction of sp³-hybridized carbons (Fsp3) is 0.636. The molecule has 5 heteroatoms. The molecule has 0 N–H and O–H groups in total. The lowest BCUT2D eigenvalue weighted by atomic mass is 9.85. The van der Waals surface area contributed by atoms with Crippen LogP contribution < -0.4 is 0 Å². The van der Waals surface area contributed by atoms with Gasteiger partial charge in [-0.15, -0.1) is 0 Å². The zero-order chi connectivity index (χ0) is 19.6.